The molecule has 2 N–H and O–H groups in total. The van der Waals surface area contributed by atoms with Crippen LogP contribution >= 0.6 is 12.2 Å². The molecule has 0 amide bonds. The highest BCUT2D eigenvalue weighted by atomic mass is 32.2. The molecule has 0 bridgehead atoms. The summed E-state index contributed by atoms with van der Waals surface area (Å²) in [5.74, 6) is 0.786. The predicted octanol–water partition coefficient (Wildman–Crippen LogP) is 0.239. The standard InChI is InChI=1S/C7H16N2OS2/c1-8-7(11)9-5-3-4-6-12(2)10/h3-6H2,1-2H3,(H2,8,9,11). The largest absolute Gasteiger partial charge is 0.366 e. The van der Waals surface area contributed by atoms with Gasteiger partial charge in [-0.2, -0.15) is 0 Å². The van der Waals surface area contributed by atoms with Crippen LogP contribution in [0.15, 0.2) is 0 Å². The molecule has 0 saturated carbocycles. The van der Waals surface area contributed by atoms with E-state index in [1.807, 2.05) is 0 Å². The van der Waals surface area contributed by atoms with Crippen LogP contribution in [-0.4, -0.2) is 34.9 Å². The van der Waals surface area contributed by atoms with Gasteiger partial charge >= 0.3 is 0 Å². The van der Waals surface area contributed by atoms with Crippen LogP contribution in [0.5, 0.6) is 0 Å². The van der Waals surface area contributed by atoms with E-state index in [1.165, 1.54) is 0 Å². The maximum atomic E-state index is 10.6. The molecule has 0 aliphatic carbocycles. The smallest absolute Gasteiger partial charge is 0.166 e. The molecule has 0 fully saturated rings. The molecular formula is C7H16N2OS2. The Hall–Kier alpha value is -0.160. The fourth-order valence-corrected chi connectivity index (χ4v) is 1.43. The first-order valence-corrected chi connectivity index (χ1v) is 6.06. The van der Waals surface area contributed by atoms with Crippen molar-refractivity contribution in [3.8, 4) is 0 Å². The Labute approximate surface area is 81.8 Å². The summed E-state index contributed by atoms with van der Waals surface area (Å²) in [6.45, 7) is 0.858. The summed E-state index contributed by atoms with van der Waals surface area (Å²) in [6, 6.07) is 0. The van der Waals surface area contributed by atoms with Crippen LogP contribution < -0.4 is 10.6 Å². The summed E-state index contributed by atoms with van der Waals surface area (Å²) in [7, 11) is 1.13. The van der Waals surface area contributed by atoms with Crippen molar-refractivity contribution in [3.63, 3.8) is 0 Å². The zero-order chi connectivity index (χ0) is 9.40. The molecule has 0 aliphatic heterocycles. The van der Waals surface area contributed by atoms with E-state index >= 15 is 0 Å². The van der Waals surface area contributed by atoms with Gasteiger partial charge in [0.2, 0.25) is 0 Å². The van der Waals surface area contributed by atoms with Crippen LogP contribution in [0.3, 0.4) is 0 Å². The molecule has 0 rings (SSSR count). The van der Waals surface area contributed by atoms with Gasteiger partial charge in [-0.1, -0.05) is 0 Å². The molecule has 12 heavy (non-hydrogen) atoms. The summed E-state index contributed by atoms with van der Waals surface area (Å²) in [5.41, 5.74) is 0. The predicted molar refractivity (Wildman–Crippen MR) is 57.8 cm³/mol. The first-order valence-electron chi connectivity index (χ1n) is 3.92. The molecule has 0 heterocycles. The molecule has 3 nitrogen and oxygen atoms in total. The molecular weight excluding hydrogens is 192 g/mol. The van der Waals surface area contributed by atoms with E-state index < -0.39 is 10.8 Å². The Morgan fingerprint density at radius 2 is 2.17 bits per heavy atom. The lowest BCUT2D eigenvalue weighted by molar-refractivity contribution is 0.679. The number of unbranched alkanes of at least 4 members (excludes halogenated alkanes) is 1. The van der Waals surface area contributed by atoms with E-state index in [1.54, 1.807) is 13.3 Å². The lowest BCUT2D eigenvalue weighted by Gasteiger charge is -2.05. The summed E-state index contributed by atoms with van der Waals surface area (Å²) in [6.07, 6.45) is 3.73. The van der Waals surface area contributed by atoms with Crippen molar-refractivity contribution in [3.05, 3.63) is 0 Å². The van der Waals surface area contributed by atoms with E-state index in [2.05, 4.69) is 10.6 Å². The summed E-state index contributed by atoms with van der Waals surface area (Å²) < 4.78 is 10.6. The number of hydrogen-bond acceptors (Lipinski definition) is 2. The van der Waals surface area contributed by atoms with E-state index in [-0.39, 0.29) is 0 Å². The van der Waals surface area contributed by atoms with Crippen LogP contribution in [0.1, 0.15) is 12.8 Å². The third-order valence-corrected chi connectivity index (χ3v) is 2.58. The third kappa shape index (κ3) is 7.94. The molecule has 0 aromatic carbocycles. The van der Waals surface area contributed by atoms with Gasteiger partial charge in [-0.05, 0) is 25.1 Å². The molecule has 0 saturated heterocycles. The lowest BCUT2D eigenvalue weighted by atomic mass is 10.3. The van der Waals surface area contributed by atoms with Crippen molar-refractivity contribution in [1.29, 1.82) is 0 Å². The fraction of sp³-hybridized carbons (Fsp3) is 0.857. The number of nitrogens with one attached hydrogen (secondary N) is 2. The molecule has 1 atom stereocenters. The van der Waals surface area contributed by atoms with E-state index in [0.29, 0.717) is 5.11 Å². The van der Waals surface area contributed by atoms with Gasteiger partial charge in [-0.25, -0.2) is 0 Å². The van der Waals surface area contributed by atoms with Crippen LogP contribution in [0.2, 0.25) is 0 Å². The minimum atomic E-state index is -0.658. The lowest BCUT2D eigenvalue weighted by Crippen LogP contribution is -2.33. The Morgan fingerprint density at radius 1 is 1.50 bits per heavy atom. The highest BCUT2D eigenvalue weighted by molar-refractivity contribution is 7.84. The minimum absolute atomic E-state index is 0.658. The van der Waals surface area contributed by atoms with Gasteiger partial charge < -0.3 is 10.6 Å². The normalized spacial score (nSPS) is 12.2. The van der Waals surface area contributed by atoms with Crippen molar-refractivity contribution in [1.82, 2.24) is 10.6 Å². The van der Waals surface area contributed by atoms with Gasteiger partial charge in [0.1, 0.15) is 0 Å². The monoisotopic (exact) mass is 208 g/mol. The maximum Gasteiger partial charge on any atom is 0.166 e. The van der Waals surface area contributed by atoms with Gasteiger partial charge in [0, 0.05) is 36.4 Å². The number of thiocarbonyl (C=S) groups is 1. The van der Waals surface area contributed by atoms with Crippen molar-refractivity contribution >= 4 is 28.1 Å². The quantitative estimate of drug-likeness (QED) is 0.502. The second-order valence-corrected chi connectivity index (χ2v) is 4.45. The molecule has 0 aromatic heterocycles. The topological polar surface area (TPSA) is 41.1 Å². The van der Waals surface area contributed by atoms with Gasteiger partial charge in [-0.3, -0.25) is 4.21 Å². The first-order chi connectivity index (χ1) is 5.66. The minimum Gasteiger partial charge on any atom is -0.366 e. The molecule has 0 radical (unpaired) electrons. The van der Waals surface area contributed by atoms with E-state index in [9.17, 15) is 4.21 Å². The summed E-state index contributed by atoms with van der Waals surface area (Å²) >= 11 is 4.87. The number of rotatable bonds is 5. The second kappa shape index (κ2) is 7.49. The van der Waals surface area contributed by atoms with Gasteiger partial charge in [-0.15, -0.1) is 0 Å². The van der Waals surface area contributed by atoms with Crippen molar-refractivity contribution < 1.29 is 4.21 Å². The van der Waals surface area contributed by atoms with E-state index in [0.717, 1.165) is 25.1 Å². The van der Waals surface area contributed by atoms with E-state index in [4.69, 9.17) is 12.2 Å². The Morgan fingerprint density at radius 3 is 2.67 bits per heavy atom. The molecule has 0 aromatic rings. The fourth-order valence-electron chi connectivity index (χ4n) is 0.721. The average Bonchev–Trinajstić information content (AvgIpc) is 2.03. The van der Waals surface area contributed by atoms with Crippen LogP contribution in [0, 0.1) is 0 Å². The van der Waals surface area contributed by atoms with Gasteiger partial charge in [0.05, 0.1) is 0 Å². The van der Waals surface area contributed by atoms with Crippen molar-refractivity contribution in [2.24, 2.45) is 0 Å². The average molecular weight is 208 g/mol. The van der Waals surface area contributed by atoms with Crippen LogP contribution in [-0.2, 0) is 10.8 Å². The summed E-state index contributed by atoms with van der Waals surface area (Å²) in [4.78, 5) is 0. The SMILES string of the molecule is CNC(=S)NCCCCS(C)=O. The first kappa shape index (κ1) is 11.8. The van der Waals surface area contributed by atoms with Gasteiger partial charge in [0.25, 0.3) is 0 Å². The highest BCUT2D eigenvalue weighted by Gasteiger charge is 1.93. The molecule has 72 valence electrons. The number of hydrogen-bond donors (Lipinski definition) is 2. The highest BCUT2D eigenvalue weighted by Crippen LogP contribution is 1.88. The maximum absolute atomic E-state index is 10.6. The third-order valence-electron chi connectivity index (χ3n) is 1.37. The zero-order valence-corrected chi connectivity index (χ0v) is 9.19. The Balaban J connectivity index is 3.11. The van der Waals surface area contributed by atoms with Crippen LogP contribution in [0.4, 0.5) is 0 Å². The van der Waals surface area contributed by atoms with Crippen LogP contribution in [0.25, 0.3) is 0 Å². The Bertz CT molecular complexity index is 161. The molecule has 1 unspecified atom stereocenters. The van der Waals surface area contributed by atoms with Gasteiger partial charge in [0.15, 0.2) is 5.11 Å². The summed E-state index contributed by atoms with van der Waals surface area (Å²) in [5, 5.41) is 6.53. The zero-order valence-electron chi connectivity index (χ0n) is 7.55. The van der Waals surface area contributed by atoms with Crippen molar-refractivity contribution in [2.45, 2.75) is 12.8 Å². The molecule has 5 heteroatoms. The molecule has 0 spiro atoms. The second-order valence-electron chi connectivity index (χ2n) is 2.49. The van der Waals surface area contributed by atoms with Crippen molar-refractivity contribution in [2.75, 3.05) is 25.6 Å². The molecule has 0 aliphatic rings. The Kier molecular flexibility index (Phi) is 7.39.